The first-order chi connectivity index (χ1) is 8.99. The van der Waals surface area contributed by atoms with Crippen LogP contribution in [0.15, 0.2) is 36.4 Å². The minimum absolute atomic E-state index is 0.110. The van der Waals surface area contributed by atoms with Crippen LogP contribution in [-0.4, -0.2) is 5.78 Å². The van der Waals surface area contributed by atoms with Gasteiger partial charge in [0.1, 0.15) is 0 Å². The number of benzene rings is 2. The average Bonchev–Trinajstić information content (AvgIpc) is 2.37. The van der Waals surface area contributed by atoms with Crippen LogP contribution in [0, 0.1) is 20.8 Å². The van der Waals surface area contributed by atoms with Crippen LogP contribution in [0.5, 0.6) is 0 Å². The molecule has 0 aromatic heterocycles. The standard InChI is InChI=1S/C17H17ClO/c1-11-5-4-6-12(2)15(11)10-17(19)14-8-7-13(3)16(18)9-14/h4-9H,10H2,1-3H3. The third-order valence-corrected chi connectivity index (χ3v) is 3.88. The van der Waals surface area contributed by atoms with Crippen LogP contribution < -0.4 is 0 Å². The summed E-state index contributed by atoms with van der Waals surface area (Å²) < 4.78 is 0. The van der Waals surface area contributed by atoms with Crippen molar-refractivity contribution < 1.29 is 4.79 Å². The lowest BCUT2D eigenvalue weighted by Crippen LogP contribution is -2.06. The van der Waals surface area contributed by atoms with Crippen molar-refractivity contribution in [1.82, 2.24) is 0 Å². The molecule has 0 aliphatic heterocycles. The van der Waals surface area contributed by atoms with E-state index in [1.807, 2.05) is 51.1 Å². The summed E-state index contributed by atoms with van der Waals surface area (Å²) in [5, 5.41) is 0.646. The van der Waals surface area contributed by atoms with E-state index in [4.69, 9.17) is 11.6 Å². The second-order valence-corrected chi connectivity index (χ2v) is 5.34. The molecule has 0 bridgehead atoms. The zero-order chi connectivity index (χ0) is 14.0. The third kappa shape index (κ3) is 3.05. The van der Waals surface area contributed by atoms with E-state index in [1.54, 1.807) is 6.07 Å². The molecule has 0 spiro atoms. The predicted molar refractivity (Wildman–Crippen MR) is 80.1 cm³/mol. The molecule has 0 N–H and O–H groups in total. The van der Waals surface area contributed by atoms with Gasteiger partial charge in [0.25, 0.3) is 0 Å². The number of Topliss-reactive ketones (excluding diaryl/α,β-unsaturated/α-hetero) is 1. The van der Waals surface area contributed by atoms with Crippen LogP contribution in [-0.2, 0) is 6.42 Å². The molecule has 2 aromatic carbocycles. The molecule has 1 nitrogen and oxygen atoms in total. The van der Waals surface area contributed by atoms with Gasteiger partial charge in [0.15, 0.2) is 5.78 Å². The summed E-state index contributed by atoms with van der Waals surface area (Å²) in [5.74, 6) is 0.110. The van der Waals surface area contributed by atoms with E-state index in [0.717, 1.165) is 22.3 Å². The fourth-order valence-electron chi connectivity index (χ4n) is 2.16. The summed E-state index contributed by atoms with van der Waals surface area (Å²) in [6.45, 7) is 6.01. The summed E-state index contributed by atoms with van der Waals surface area (Å²) in [6.07, 6.45) is 0.428. The number of hydrogen-bond donors (Lipinski definition) is 0. The average molecular weight is 273 g/mol. The molecule has 0 aliphatic carbocycles. The highest BCUT2D eigenvalue weighted by molar-refractivity contribution is 6.31. The Kier molecular flexibility index (Phi) is 4.06. The molecule has 2 aromatic rings. The highest BCUT2D eigenvalue weighted by Crippen LogP contribution is 2.20. The van der Waals surface area contributed by atoms with Crippen molar-refractivity contribution in [3.63, 3.8) is 0 Å². The summed E-state index contributed by atoms with van der Waals surface area (Å²) in [4.78, 5) is 12.3. The third-order valence-electron chi connectivity index (χ3n) is 3.48. The quantitative estimate of drug-likeness (QED) is 0.741. The van der Waals surface area contributed by atoms with Gasteiger partial charge in [0.05, 0.1) is 0 Å². The molecule has 0 unspecified atom stereocenters. The van der Waals surface area contributed by atoms with Crippen molar-refractivity contribution in [1.29, 1.82) is 0 Å². The Bertz CT molecular complexity index is 609. The number of carbonyl (C=O) groups excluding carboxylic acids is 1. The van der Waals surface area contributed by atoms with Crippen molar-refractivity contribution in [2.45, 2.75) is 27.2 Å². The SMILES string of the molecule is Cc1ccc(C(=O)Cc2c(C)cccc2C)cc1Cl. The van der Waals surface area contributed by atoms with Crippen molar-refractivity contribution in [3.05, 3.63) is 69.2 Å². The number of ketones is 1. The molecule has 0 saturated heterocycles. The summed E-state index contributed by atoms with van der Waals surface area (Å²) in [6, 6.07) is 11.6. The smallest absolute Gasteiger partial charge is 0.167 e. The zero-order valence-corrected chi connectivity index (χ0v) is 12.2. The lowest BCUT2D eigenvalue weighted by atomic mass is 9.95. The zero-order valence-electron chi connectivity index (χ0n) is 11.5. The van der Waals surface area contributed by atoms with Crippen molar-refractivity contribution >= 4 is 17.4 Å². The summed E-state index contributed by atoms with van der Waals surface area (Å²) >= 11 is 6.07. The van der Waals surface area contributed by atoms with E-state index in [-0.39, 0.29) is 5.78 Å². The van der Waals surface area contributed by atoms with Crippen LogP contribution in [0.25, 0.3) is 0 Å². The molecule has 2 rings (SSSR count). The van der Waals surface area contributed by atoms with Crippen molar-refractivity contribution in [3.8, 4) is 0 Å². The lowest BCUT2D eigenvalue weighted by molar-refractivity contribution is 0.0992. The normalized spacial score (nSPS) is 10.5. The summed E-state index contributed by atoms with van der Waals surface area (Å²) in [5.41, 5.74) is 5.10. The Morgan fingerprint density at radius 1 is 1.00 bits per heavy atom. The van der Waals surface area contributed by atoms with E-state index in [1.165, 1.54) is 0 Å². The second kappa shape index (κ2) is 5.58. The maximum absolute atomic E-state index is 12.3. The minimum atomic E-state index is 0.110. The van der Waals surface area contributed by atoms with Gasteiger partial charge in [0.2, 0.25) is 0 Å². The maximum Gasteiger partial charge on any atom is 0.167 e. The Morgan fingerprint density at radius 2 is 1.63 bits per heavy atom. The topological polar surface area (TPSA) is 17.1 Å². The molecule has 98 valence electrons. The van der Waals surface area contributed by atoms with Gasteiger partial charge >= 0.3 is 0 Å². The van der Waals surface area contributed by atoms with E-state index >= 15 is 0 Å². The molecule has 0 amide bonds. The molecule has 0 heterocycles. The Hall–Kier alpha value is -1.60. The number of rotatable bonds is 3. The minimum Gasteiger partial charge on any atom is -0.294 e. The fraction of sp³-hybridized carbons (Fsp3) is 0.235. The van der Waals surface area contributed by atoms with E-state index in [9.17, 15) is 4.79 Å². The first-order valence-corrected chi connectivity index (χ1v) is 6.71. The molecule has 2 heteroatoms. The van der Waals surface area contributed by atoms with Crippen LogP contribution in [0.4, 0.5) is 0 Å². The van der Waals surface area contributed by atoms with Crippen LogP contribution in [0.2, 0.25) is 5.02 Å². The first kappa shape index (κ1) is 13.8. The van der Waals surface area contributed by atoms with E-state index in [0.29, 0.717) is 17.0 Å². The lowest BCUT2D eigenvalue weighted by Gasteiger charge is -2.09. The van der Waals surface area contributed by atoms with Gasteiger partial charge in [-0.25, -0.2) is 0 Å². The van der Waals surface area contributed by atoms with Gasteiger partial charge < -0.3 is 0 Å². The number of aryl methyl sites for hydroxylation is 3. The van der Waals surface area contributed by atoms with Crippen molar-refractivity contribution in [2.75, 3.05) is 0 Å². The highest BCUT2D eigenvalue weighted by Gasteiger charge is 2.11. The molecule has 0 saturated carbocycles. The van der Waals surface area contributed by atoms with Gasteiger partial charge in [-0.1, -0.05) is 41.9 Å². The van der Waals surface area contributed by atoms with Crippen molar-refractivity contribution in [2.24, 2.45) is 0 Å². The predicted octanol–water partition coefficient (Wildman–Crippen LogP) is 4.69. The monoisotopic (exact) mass is 272 g/mol. The molecule has 0 aliphatic rings. The molecule has 0 fully saturated rings. The van der Waals surface area contributed by atoms with Gasteiger partial charge in [0, 0.05) is 17.0 Å². The van der Waals surface area contributed by atoms with E-state index < -0.39 is 0 Å². The maximum atomic E-state index is 12.3. The molecule has 0 radical (unpaired) electrons. The molecule has 19 heavy (non-hydrogen) atoms. The second-order valence-electron chi connectivity index (χ2n) is 4.93. The van der Waals surface area contributed by atoms with Gasteiger partial charge in [-0.2, -0.15) is 0 Å². The number of carbonyl (C=O) groups is 1. The number of hydrogen-bond acceptors (Lipinski definition) is 1. The Labute approximate surface area is 119 Å². The number of halogens is 1. The molecular formula is C17H17ClO. The summed E-state index contributed by atoms with van der Waals surface area (Å²) in [7, 11) is 0. The van der Waals surface area contributed by atoms with Crippen LogP contribution >= 0.6 is 11.6 Å². The van der Waals surface area contributed by atoms with Gasteiger partial charge in [-0.3, -0.25) is 4.79 Å². The van der Waals surface area contributed by atoms with Crippen LogP contribution in [0.1, 0.15) is 32.6 Å². The Balaban J connectivity index is 2.28. The molecular weight excluding hydrogens is 256 g/mol. The van der Waals surface area contributed by atoms with Crippen LogP contribution in [0.3, 0.4) is 0 Å². The van der Waals surface area contributed by atoms with Gasteiger partial charge in [-0.05, 0) is 49.1 Å². The largest absolute Gasteiger partial charge is 0.294 e. The van der Waals surface area contributed by atoms with Gasteiger partial charge in [-0.15, -0.1) is 0 Å². The Morgan fingerprint density at radius 3 is 2.21 bits per heavy atom. The molecule has 0 atom stereocenters. The highest BCUT2D eigenvalue weighted by atomic mass is 35.5. The fourth-order valence-corrected chi connectivity index (χ4v) is 2.34. The first-order valence-electron chi connectivity index (χ1n) is 6.33. The van der Waals surface area contributed by atoms with E-state index in [2.05, 4.69) is 0 Å².